The number of nitro groups is 1. The Hall–Kier alpha value is -2.11. The number of carbonyl (C=O) groups is 1. The second-order valence-electron chi connectivity index (χ2n) is 5.54. The SMILES string of the molecule is CC(C)(CCNc1cccc([N+](=O)[O-])c1)CCC(=O)O. The first-order chi connectivity index (χ1) is 9.30. The Labute approximate surface area is 118 Å². The molecular weight excluding hydrogens is 260 g/mol. The van der Waals surface area contributed by atoms with Crippen molar-refractivity contribution in [2.45, 2.75) is 33.1 Å². The Morgan fingerprint density at radius 3 is 2.70 bits per heavy atom. The first kappa shape index (κ1) is 15.9. The van der Waals surface area contributed by atoms with Crippen molar-refractivity contribution in [3.63, 3.8) is 0 Å². The Balaban J connectivity index is 2.45. The maximum Gasteiger partial charge on any atom is 0.303 e. The van der Waals surface area contributed by atoms with Crippen LogP contribution in [0.1, 0.15) is 33.1 Å². The summed E-state index contributed by atoms with van der Waals surface area (Å²) in [6, 6.07) is 6.35. The van der Waals surface area contributed by atoms with Crippen LogP contribution in [-0.4, -0.2) is 22.5 Å². The van der Waals surface area contributed by atoms with E-state index in [9.17, 15) is 14.9 Å². The summed E-state index contributed by atoms with van der Waals surface area (Å²) in [5.74, 6) is -0.787. The molecule has 2 N–H and O–H groups in total. The van der Waals surface area contributed by atoms with Crippen LogP contribution in [0.4, 0.5) is 11.4 Å². The van der Waals surface area contributed by atoms with Crippen LogP contribution < -0.4 is 5.32 Å². The highest BCUT2D eigenvalue weighted by molar-refractivity contribution is 5.66. The average molecular weight is 280 g/mol. The molecule has 0 bridgehead atoms. The van der Waals surface area contributed by atoms with E-state index in [0.717, 1.165) is 6.42 Å². The molecule has 1 aromatic carbocycles. The first-order valence-electron chi connectivity index (χ1n) is 6.50. The molecule has 6 nitrogen and oxygen atoms in total. The third-order valence-corrected chi connectivity index (χ3v) is 3.20. The zero-order chi connectivity index (χ0) is 15.2. The van der Waals surface area contributed by atoms with Gasteiger partial charge in [-0.05, 0) is 24.3 Å². The summed E-state index contributed by atoms with van der Waals surface area (Å²) in [5.41, 5.74) is 0.680. The van der Waals surface area contributed by atoms with E-state index in [-0.39, 0.29) is 17.5 Å². The van der Waals surface area contributed by atoms with Gasteiger partial charge in [-0.15, -0.1) is 0 Å². The number of carboxylic acid groups (broad SMARTS) is 1. The minimum absolute atomic E-state index is 0.0557. The Morgan fingerprint density at radius 2 is 2.10 bits per heavy atom. The lowest BCUT2D eigenvalue weighted by Gasteiger charge is -2.24. The number of benzene rings is 1. The lowest BCUT2D eigenvalue weighted by Crippen LogP contribution is -2.18. The van der Waals surface area contributed by atoms with Crippen molar-refractivity contribution in [1.29, 1.82) is 0 Å². The molecule has 1 rings (SSSR count). The van der Waals surface area contributed by atoms with Crippen molar-refractivity contribution in [2.24, 2.45) is 5.41 Å². The summed E-state index contributed by atoms with van der Waals surface area (Å²) < 4.78 is 0. The highest BCUT2D eigenvalue weighted by Gasteiger charge is 2.18. The maximum absolute atomic E-state index is 10.7. The number of rotatable bonds is 8. The first-order valence-corrected chi connectivity index (χ1v) is 6.50. The summed E-state index contributed by atoms with van der Waals surface area (Å²) in [7, 11) is 0. The molecule has 0 radical (unpaired) electrons. The van der Waals surface area contributed by atoms with Crippen LogP contribution in [-0.2, 0) is 4.79 Å². The van der Waals surface area contributed by atoms with Gasteiger partial charge in [0.05, 0.1) is 4.92 Å². The number of nitrogens with one attached hydrogen (secondary N) is 1. The average Bonchev–Trinajstić information content (AvgIpc) is 2.37. The number of nitro benzene ring substituents is 1. The predicted molar refractivity (Wildman–Crippen MR) is 76.9 cm³/mol. The molecule has 20 heavy (non-hydrogen) atoms. The lowest BCUT2D eigenvalue weighted by molar-refractivity contribution is -0.384. The second-order valence-corrected chi connectivity index (χ2v) is 5.54. The van der Waals surface area contributed by atoms with E-state index in [1.807, 2.05) is 13.8 Å². The van der Waals surface area contributed by atoms with Crippen LogP contribution in [0.25, 0.3) is 0 Å². The number of non-ortho nitro benzene ring substituents is 1. The fourth-order valence-electron chi connectivity index (χ4n) is 1.84. The molecule has 0 amide bonds. The standard InChI is InChI=1S/C14H20N2O4/c1-14(2,7-6-13(17)18)8-9-15-11-4-3-5-12(10-11)16(19)20/h3-5,10,15H,6-9H2,1-2H3,(H,17,18). The van der Waals surface area contributed by atoms with Gasteiger partial charge >= 0.3 is 5.97 Å². The smallest absolute Gasteiger partial charge is 0.303 e. The van der Waals surface area contributed by atoms with Crippen molar-refractivity contribution < 1.29 is 14.8 Å². The molecule has 0 aliphatic rings. The topological polar surface area (TPSA) is 92.5 Å². The molecule has 0 saturated carbocycles. The monoisotopic (exact) mass is 280 g/mol. The molecule has 0 aliphatic heterocycles. The van der Waals surface area contributed by atoms with Gasteiger partial charge in [-0.25, -0.2) is 0 Å². The van der Waals surface area contributed by atoms with Crippen LogP contribution in [0, 0.1) is 15.5 Å². The zero-order valence-electron chi connectivity index (χ0n) is 11.8. The highest BCUT2D eigenvalue weighted by atomic mass is 16.6. The van der Waals surface area contributed by atoms with Crippen LogP contribution in [0.2, 0.25) is 0 Å². The van der Waals surface area contributed by atoms with E-state index in [0.29, 0.717) is 18.7 Å². The number of nitrogens with zero attached hydrogens (tertiary/aromatic N) is 1. The number of hydrogen-bond acceptors (Lipinski definition) is 4. The van der Waals surface area contributed by atoms with E-state index >= 15 is 0 Å². The fraction of sp³-hybridized carbons (Fsp3) is 0.500. The quantitative estimate of drug-likeness (QED) is 0.563. The maximum atomic E-state index is 10.7. The van der Waals surface area contributed by atoms with Crippen molar-refractivity contribution in [3.8, 4) is 0 Å². The van der Waals surface area contributed by atoms with Gasteiger partial charge in [0, 0.05) is 30.8 Å². The van der Waals surface area contributed by atoms with Gasteiger partial charge in [0.25, 0.3) is 5.69 Å². The summed E-state index contributed by atoms with van der Waals surface area (Å²) in [6.07, 6.45) is 1.56. The van der Waals surface area contributed by atoms with Gasteiger partial charge in [0.1, 0.15) is 0 Å². The summed E-state index contributed by atoms with van der Waals surface area (Å²) in [4.78, 5) is 20.8. The van der Waals surface area contributed by atoms with Gasteiger partial charge in [0.15, 0.2) is 0 Å². The summed E-state index contributed by atoms with van der Waals surface area (Å²) >= 11 is 0. The Morgan fingerprint density at radius 1 is 1.40 bits per heavy atom. The molecule has 1 aromatic rings. The van der Waals surface area contributed by atoms with Crippen molar-refractivity contribution in [2.75, 3.05) is 11.9 Å². The Kier molecular flexibility index (Phi) is 5.49. The summed E-state index contributed by atoms with van der Waals surface area (Å²) in [5, 5.41) is 22.5. The third kappa shape index (κ3) is 5.69. The van der Waals surface area contributed by atoms with Crippen molar-refractivity contribution in [3.05, 3.63) is 34.4 Å². The van der Waals surface area contributed by atoms with Crippen molar-refractivity contribution in [1.82, 2.24) is 0 Å². The zero-order valence-corrected chi connectivity index (χ0v) is 11.8. The predicted octanol–water partition coefficient (Wildman–Crippen LogP) is 3.29. The van der Waals surface area contributed by atoms with Gasteiger partial charge in [-0.3, -0.25) is 14.9 Å². The third-order valence-electron chi connectivity index (χ3n) is 3.20. The number of hydrogen-bond donors (Lipinski definition) is 2. The van der Waals surface area contributed by atoms with Gasteiger partial charge < -0.3 is 10.4 Å². The molecule has 0 fully saturated rings. The second kappa shape index (κ2) is 6.88. The van der Waals surface area contributed by atoms with Crippen molar-refractivity contribution >= 4 is 17.3 Å². The molecule has 6 heteroatoms. The van der Waals surface area contributed by atoms with E-state index in [2.05, 4.69) is 5.32 Å². The molecule has 0 aliphatic carbocycles. The molecular formula is C14H20N2O4. The molecule has 0 unspecified atom stereocenters. The van der Waals surface area contributed by atoms with E-state index in [1.54, 1.807) is 12.1 Å². The fourth-order valence-corrected chi connectivity index (χ4v) is 1.84. The van der Waals surface area contributed by atoms with Crippen LogP contribution in [0.5, 0.6) is 0 Å². The molecule has 110 valence electrons. The molecule has 0 spiro atoms. The van der Waals surface area contributed by atoms with Gasteiger partial charge in [-0.1, -0.05) is 19.9 Å². The number of anilines is 1. The lowest BCUT2D eigenvalue weighted by atomic mass is 9.84. The molecule has 0 atom stereocenters. The summed E-state index contributed by atoms with van der Waals surface area (Å²) in [6.45, 7) is 4.68. The largest absolute Gasteiger partial charge is 0.481 e. The number of carboxylic acids is 1. The molecule has 0 saturated heterocycles. The van der Waals surface area contributed by atoms with Gasteiger partial charge in [-0.2, -0.15) is 0 Å². The van der Waals surface area contributed by atoms with Gasteiger partial charge in [0.2, 0.25) is 0 Å². The number of aliphatic carboxylic acids is 1. The van der Waals surface area contributed by atoms with Crippen LogP contribution in [0.15, 0.2) is 24.3 Å². The van der Waals surface area contributed by atoms with Crippen LogP contribution >= 0.6 is 0 Å². The normalized spacial score (nSPS) is 11.1. The highest BCUT2D eigenvalue weighted by Crippen LogP contribution is 2.27. The minimum Gasteiger partial charge on any atom is -0.481 e. The van der Waals surface area contributed by atoms with E-state index < -0.39 is 10.9 Å². The Bertz CT molecular complexity index is 486. The molecule has 0 heterocycles. The molecule has 0 aromatic heterocycles. The van der Waals surface area contributed by atoms with Crippen LogP contribution in [0.3, 0.4) is 0 Å². The van der Waals surface area contributed by atoms with E-state index in [1.165, 1.54) is 12.1 Å². The van der Waals surface area contributed by atoms with E-state index in [4.69, 9.17) is 5.11 Å². The minimum atomic E-state index is -0.787.